The van der Waals surface area contributed by atoms with Crippen molar-refractivity contribution in [1.29, 1.82) is 0 Å². The molecule has 0 heterocycles. The van der Waals surface area contributed by atoms with Crippen molar-refractivity contribution in [2.75, 3.05) is 0 Å². The first kappa shape index (κ1) is 15.3. The van der Waals surface area contributed by atoms with Crippen LogP contribution in [0.2, 0.25) is 0 Å². The van der Waals surface area contributed by atoms with Gasteiger partial charge in [-0.15, -0.1) is 0 Å². The van der Waals surface area contributed by atoms with Gasteiger partial charge < -0.3 is 4.74 Å². The monoisotopic (exact) mass is 361 g/mol. The number of ether oxygens (including phenoxy) is 1. The Morgan fingerprint density at radius 3 is 2.48 bits per heavy atom. The van der Waals surface area contributed by atoms with Gasteiger partial charge >= 0.3 is 0 Å². The SMILES string of the molecule is O=[N+]([O-])c1ccc(Oc2cc(Br)ccc2F)c(C(F)F)c1. The highest BCUT2D eigenvalue weighted by molar-refractivity contribution is 9.10. The number of nitro benzene ring substituents is 1. The molecule has 0 aliphatic rings. The summed E-state index contributed by atoms with van der Waals surface area (Å²) in [5.74, 6) is -1.34. The van der Waals surface area contributed by atoms with Crippen molar-refractivity contribution in [3.63, 3.8) is 0 Å². The maximum absolute atomic E-state index is 13.6. The van der Waals surface area contributed by atoms with Crippen LogP contribution < -0.4 is 4.74 Å². The molecule has 0 aromatic heterocycles. The Bertz CT molecular complexity index is 694. The molecule has 0 saturated carbocycles. The Kier molecular flexibility index (Phi) is 4.46. The number of hydrogen-bond donors (Lipinski definition) is 0. The second-order valence-corrected chi connectivity index (χ2v) is 4.87. The normalized spacial score (nSPS) is 10.7. The molecule has 0 N–H and O–H groups in total. The lowest BCUT2D eigenvalue weighted by Crippen LogP contribution is -1.97. The van der Waals surface area contributed by atoms with Crippen LogP contribution in [0.5, 0.6) is 11.5 Å². The molecule has 0 radical (unpaired) electrons. The quantitative estimate of drug-likeness (QED) is 0.553. The number of nitro groups is 1. The van der Waals surface area contributed by atoms with Crippen molar-refractivity contribution in [3.05, 3.63) is 62.4 Å². The maximum Gasteiger partial charge on any atom is 0.270 e. The minimum Gasteiger partial charge on any atom is -0.454 e. The van der Waals surface area contributed by atoms with E-state index in [0.717, 1.165) is 18.2 Å². The first-order chi connectivity index (χ1) is 9.88. The molecule has 0 atom stereocenters. The van der Waals surface area contributed by atoms with Crippen molar-refractivity contribution in [3.8, 4) is 11.5 Å². The van der Waals surface area contributed by atoms with Gasteiger partial charge in [0.2, 0.25) is 0 Å². The predicted octanol–water partition coefficient (Wildman–Crippen LogP) is 5.23. The summed E-state index contributed by atoms with van der Waals surface area (Å²) >= 11 is 3.10. The van der Waals surface area contributed by atoms with Gasteiger partial charge in [-0.05, 0) is 24.3 Å². The summed E-state index contributed by atoms with van der Waals surface area (Å²) in [5, 5.41) is 10.6. The number of alkyl halides is 2. The van der Waals surface area contributed by atoms with Crippen molar-refractivity contribution in [1.82, 2.24) is 0 Å². The minimum absolute atomic E-state index is 0.264. The Balaban J connectivity index is 2.44. The van der Waals surface area contributed by atoms with E-state index in [2.05, 4.69) is 15.9 Å². The van der Waals surface area contributed by atoms with Gasteiger partial charge in [-0.25, -0.2) is 13.2 Å². The number of hydrogen-bond acceptors (Lipinski definition) is 3. The van der Waals surface area contributed by atoms with Crippen LogP contribution in [0.4, 0.5) is 18.9 Å². The highest BCUT2D eigenvalue weighted by Gasteiger charge is 2.20. The molecule has 0 fully saturated rings. The lowest BCUT2D eigenvalue weighted by Gasteiger charge is -2.11. The van der Waals surface area contributed by atoms with E-state index in [1.165, 1.54) is 12.1 Å². The molecule has 21 heavy (non-hydrogen) atoms. The molecule has 4 nitrogen and oxygen atoms in total. The highest BCUT2D eigenvalue weighted by atomic mass is 79.9. The fourth-order valence-electron chi connectivity index (χ4n) is 1.59. The fourth-order valence-corrected chi connectivity index (χ4v) is 1.93. The Morgan fingerprint density at radius 2 is 1.86 bits per heavy atom. The third-order valence-corrected chi connectivity index (χ3v) is 3.05. The maximum atomic E-state index is 13.6. The number of benzene rings is 2. The average Bonchev–Trinajstić information content (AvgIpc) is 2.42. The second kappa shape index (κ2) is 6.13. The molecule has 0 aliphatic carbocycles. The number of non-ortho nitro benzene ring substituents is 1. The lowest BCUT2D eigenvalue weighted by molar-refractivity contribution is -0.385. The zero-order valence-corrected chi connectivity index (χ0v) is 11.8. The van der Waals surface area contributed by atoms with Crippen LogP contribution in [-0.2, 0) is 0 Å². The highest BCUT2D eigenvalue weighted by Crippen LogP contribution is 2.36. The van der Waals surface area contributed by atoms with Gasteiger partial charge in [0.25, 0.3) is 12.1 Å². The molecule has 0 saturated heterocycles. The van der Waals surface area contributed by atoms with E-state index in [1.807, 2.05) is 0 Å². The first-order valence-corrected chi connectivity index (χ1v) is 6.37. The van der Waals surface area contributed by atoms with E-state index in [1.54, 1.807) is 0 Å². The third-order valence-electron chi connectivity index (χ3n) is 2.55. The van der Waals surface area contributed by atoms with E-state index >= 15 is 0 Å². The zero-order chi connectivity index (χ0) is 15.6. The van der Waals surface area contributed by atoms with E-state index in [9.17, 15) is 23.3 Å². The van der Waals surface area contributed by atoms with Crippen molar-refractivity contribution < 1.29 is 22.8 Å². The predicted molar refractivity (Wildman–Crippen MR) is 72.2 cm³/mol. The fraction of sp³-hybridized carbons (Fsp3) is 0.0769. The molecule has 2 aromatic carbocycles. The van der Waals surface area contributed by atoms with Crippen LogP contribution in [0.1, 0.15) is 12.0 Å². The molecule has 110 valence electrons. The largest absolute Gasteiger partial charge is 0.454 e. The van der Waals surface area contributed by atoms with Gasteiger partial charge in [0.1, 0.15) is 5.75 Å². The summed E-state index contributed by atoms with van der Waals surface area (Å²) in [7, 11) is 0. The summed E-state index contributed by atoms with van der Waals surface area (Å²) in [6.07, 6.45) is -2.99. The first-order valence-electron chi connectivity index (χ1n) is 5.58. The summed E-state index contributed by atoms with van der Waals surface area (Å²) in [5.41, 5.74) is -1.17. The Morgan fingerprint density at radius 1 is 1.14 bits per heavy atom. The van der Waals surface area contributed by atoms with Crippen LogP contribution in [0.15, 0.2) is 40.9 Å². The number of halogens is 4. The number of nitrogens with zero attached hydrogens (tertiary/aromatic N) is 1. The second-order valence-electron chi connectivity index (χ2n) is 3.96. The minimum atomic E-state index is -2.99. The van der Waals surface area contributed by atoms with E-state index in [4.69, 9.17) is 4.74 Å². The third kappa shape index (κ3) is 3.52. The van der Waals surface area contributed by atoms with Gasteiger partial charge in [0, 0.05) is 16.6 Å². The van der Waals surface area contributed by atoms with Crippen LogP contribution in [0, 0.1) is 15.9 Å². The van der Waals surface area contributed by atoms with Gasteiger partial charge in [0.05, 0.1) is 10.5 Å². The van der Waals surface area contributed by atoms with Crippen LogP contribution >= 0.6 is 15.9 Å². The van der Waals surface area contributed by atoms with Crippen LogP contribution in [0.25, 0.3) is 0 Å². The van der Waals surface area contributed by atoms with Gasteiger partial charge in [0.15, 0.2) is 11.6 Å². The average molecular weight is 362 g/mol. The van der Waals surface area contributed by atoms with Gasteiger partial charge in [-0.3, -0.25) is 10.1 Å². The summed E-state index contributed by atoms with van der Waals surface area (Å²) in [6, 6.07) is 6.53. The molecule has 0 unspecified atom stereocenters. The zero-order valence-electron chi connectivity index (χ0n) is 10.2. The number of rotatable bonds is 4. The van der Waals surface area contributed by atoms with Crippen LogP contribution in [0.3, 0.4) is 0 Å². The van der Waals surface area contributed by atoms with Gasteiger partial charge in [-0.1, -0.05) is 15.9 Å². The molecule has 0 amide bonds. The van der Waals surface area contributed by atoms with Crippen LogP contribution in [-0.4, -0.2) is 4.92 Å². The molecule has 0 aliphatic heterocycles. The van der Waals surface area contributed by atoms with Crippen molar-refractivity contribution in [2.24, 2.45) is 0 Å². The van der Waals surface area contributed by atoms with E-state index in [-0.39, 0.29) is 11.5 Å². The molecule has 8 heteroatoms. The standard InChI is InChI=1S/C13H7BrF3NO3/c14-7-1-3-10(15)12(5-7)21-11-4-2-8(18(19)20)6-9(11)13(16)17/h1-6,13H. The van der Waals surface area contributed by atoms with Crippen molar-refractivity contribution >= 4 is 21.6 Å². The van der Waals surface area contributed by atoms with E-state index in [0.29, 0.717) is 10.5 Å². The molecule has 2 rings (SSSR count). The smallest absolute Gasteiger partial charge is 0.270 e. The molecular weight excluding hydrogens is 355 g/mol. The summed E-state index contributed by atoms with van der Waals surface area (Å²) in [6.45, 7) is 0. The van der Waals surface area contributed by atoms with E-state index < -0.39 is 28.4 Å². The topological polar surface area (TPSA) is 52.4 Å². The lowest BCUT2D eigenvalue weighted by atomic mass is 10.2. The Hall–Kier alpha value is -2.09. The molecule has 2 aromatic rings. The molecule has 0 bridgehead atoms. The Labute approximate surface area is 125 Å². The summed E-state index contributed by atoms with van der Waals surface area (Å²) < 4.78 is 45.1. The summed E-state index contributed by atoms with van der Waals surface area (Å²) in [4.78, 5) is 9.80. The van der Waals surface area contributed by atoms with Crippen molar-refractivity contribution in [2.45, 2.75) is 6.43 Å². The van der Waals surface area contributed by atoms with Gasteiger partial charge in [-0.2, -0.15) is 0 Å². The molecular formula is C13H7BrF3NO3. The molecule has 0 spiro atoms.